The Hall–Kier alpha value is -0.400. The summed E-state index contributed by atoms with van der Waals surface area (Å²) in [5.41, 5.74) is 0. The van der Waals surface area contributed by atoms with Crippen LogP contribution < -0.4 is 0 Å². The third-order valence-corrected chi connectivity index (χ3v) is 6.51. The Morgan fingerprint density at radius 3 is 2.43 bits per heavy atom. The lowest BCUT2D eigenvalue weighted by Gasteiger charge is -2.32. The van der Waals surface area contributed by atoms with Gasteiger partial charge < -0.3 is 5.11 Å². The van der Waals surface area contributed by atoms with E-state index in [0.29, 0.717) is 12.8 Å². The van der Waals surface area contributed by atoms with Gasteiger partial charge in [-0.15, -0.1) is 0 Å². The predicted octanol–water partition coefficient (Wildman–Crippen LogP) is 2.91. The molecule has 0 aliphatic carbocycles. The summed E-state index contributed by atoms with van der Waals surface area (Å²) in [6, 6.07) is 2.39. The van der Waals surface area contributed by atoms with Crippen LogP contribution in [0.3, 0.4) is 0 Å². The average Bonchev–Trinajstić information content (AvgIpc) is 2.44. The maximum Gasteiger partial charge on any atom is 0.244 e. The molecule has 0 saturated carbocycles. The molecule has 1 N–H and O–H groups in total. The van der Waals surface area contributed by atoms with Gasteiger partial charge in [0, 0.05) is 13.1 Å². The zero-order chi connectivity index (χ0) is 15.8. The van der Waals surface area contributed by atoms with Crippen LogP contribution >= 0.6 is 23.2 Å². The number of halogens is 3. The molecule has 1 unspecified atom stereocenters. The van der Waals surface area contributed by atoms with Crippen molar-refractivity contribution in [2.24, 2.45) is 5.92 Å². The highest BCUT2D eigenvalue weighted by molar-refractivity contribution is 7.89. The van der Waals surface area contributed by atoms with Crippen molar-refractivity contribution in [2.75, 3.05) is 13.1 Å². The van der Waals surface area contributed by atoms with E-state index in [2.05, 4.69) is 0 Å². The minimum absolute atomic E-state index is 0.0777. The molecule has 21 heavy (non-hydrogen) atoms. The monoisotopic (exact) mass is 355 g/mol. The van der Waals surface area contributed by atoms with Crippen molar-refractivity contribution in [3.05, 3.63) is 28.0 Å². The van der Waals surface area contributed by atoms with Gasteiger partial charge in [0.25, 0.3) is 0 Å². The van der Waals surface area contributed by atoms with Crippen LogP contribution in [0.15, 0.2) is 17.0 Å². The van der Waals surface area contributed by atoms with Gasteiger partial charge >= 0.3 is 0 Å². The number of benzene rings is 1. The smallest absolute Gasteiger partial charge is 0.244 e. The molecule has 118 valence electrons. The van der Waals surface area contributed by atoms with Crippen molar-refractivity contribution >= 4 is 33.2 Å². The number of piperidine rings is 1. The first-order valence-electron chi connectivity index (χ1n) is 6.57. The Morgan fingerprint density at radius 1 is 1.33 bits per heavy atom. The van der Waals surface area contributed by atoms with E-state index in [0.717, 1.165) is 0 Å². The van der Waals surface area contributed by atoms with Crippen LogP contribution in [0.1, 0.15) is 19.8 Å². The molecule has 1 aromatic rings. The summed E-state index contributed by atoms with van der Waals surface area (Å²) >= 11 is 11.4. The Kier molecular flexibility index (Phi) is 5.15. The number of aliphatic hydroxyl groups is 1. The van der Waals surface area contributed by atoms with Gasteiger partial charge in [-0.1, -0.05) is 23.2 Å². The lowest BCUT2D eigenvalue weighted by molar-refractivity contribution is 0.0912. The second-order valence-electron chi connectivity index (χ2n) is 5.16. The zero-order valence-electron chi connectivity index (χ0n) is 11.4. The molecular weight excluding hydrogens is 340 g/mol. The lowest BCUT2D eigenvalue weighted by Crippen LogP contribution is -2.40. The molecular formula is C13H16Cl2FNO3S. The molecule has 1 aliphatic rings. The number of sulfonamides is 1. The molecule has 4 nitrogen and oxygen atoms in total. The first-order valence-corrected chi connectivity index (χ1v) is 8.76. The summed E-state index contributed by atoms with van der Waals surface area (Å²) in [4.78, 5) is -0.276. The molecule has 0 spiro atoms. The summed E-state index contributed by atoms with van der Waals surface area (Å²) in [5.74, 6) is -0.854. The highest BCUT2D eigenvalue weighted by Crippen LogP contribution is 2.33. The van der Waals surface area contributed by atoms with Gasteiger partial charge in [-0.3, -0.25) is 0 Å². The molecule has 1 aliphatic heterocycles. The molecule has 1 fully saturated rings. The fourth-order valence-corrected chi connectivity index (χ4v) is 4.63. The third kappa shape index (κ3) is 3.35. The summed E-state index contributed by atoms with van der Waals surface area (Å²) in [6.45, 7) is 2.25. The minimum atomic E-state index is -3.86. The molecule has 8 heteroatoms. The van der Waals surface area contributed by atoms with E-state index in [1.165, 1.54) is 16.4 Å². The molecule has 1 atom stereocenters. The normalized spacial score (nSPS) is 19.7. The minimum Gasteiger partial charge on any atom is -0.393 e. The highest BCUT2D eigenvalue weighted by atomic mass is 35.5. The van der Waals surface area contributed by atoms with Crippen molar-refractivity contribution in [3.8, 4) is 0 Å². The number of hydrogen-bond donors (Lipinski definition) is 1. The Bertz CT molecular complexity index is 629. The first-order chi connectivity index (χ1) is 9.75. The predicted molar refractivity (Wildman–Crippen MR) is 79.6 cm³/mol. The van der Waals surface area contributed by atoms with Crippen LogP contribution in [0.4, 0.5) is 4.39 Å². The second-order valence-corrected chi connectivity index (χ2v) is 7.85. The first kappa shape index (κ1) is 17.0. The van der Waals surface area contributed by atoms with Crippen LogP contribution in [0.25, 0.3) is 0 Å². The van der Waals surface area contributed by atoms with Crippen molar-refractivity contribution in [3.63, 3.8) is 0 Å². The standard InChI is InChI=1S/C13H16Cl2FNO3S/c1-8(18)9-4-6-17(7-5-9)21(19,20)11-3-2-10(14)13(16)12(11)15/h2-3,8-9,18H,4-7H2,1H3. The Balaban J connectivity index is 2.26. The molecule has 0 radical (unpaired) electrons. The SMILES string of the molecule is CC(O)C1CCN(S(=O)(=O)c2ccc(Cl)c(F)c2Cl)CC1. The van der Waals surface area contributed by atoms with E-state index < -0.39 is 27.0 Å². The van der Waals surface area contributed by atoms with E-state index in [9.17, 15) is 17.9 Å². The maximum atomic E-state index is 13.7. The summed E-state index contributed by atoms with van der Waals surface area (Å²) in [7, 11) is -3.86. The van der Waals surface area contributed by atoms with E-state index in [1.54, 1.807) is 6.92 Å². The molecule has 0 bridgehead atoms. The number of nitrogens with zero attached hydrogens (tertiary/aromatic N) is 1. The summed E-state index contributed by atoms with van der Waals surface area (Å²) in [5, 5.41) is 8.84. The van der Waals surface area contributed by atoms with E-state index in [1.807, 2.05) is 0 Å². The Labute approximate surface area is 133 Å². The maximum absolute atomic E-state index is 13.7. The van der Waals surface area contributed by atoms with Gasteiger partial charge in [0.05, 0.1) is 16.1 Å². The Morgan fingerprint density at radius 2 is 1.90 bits per heavy atom. The van der Waals surface area contributed by atoms with Crippen molar-refractivity contribution in [1.29, 1.82) is 0 Å². The molecule has 0 aromatic heterocycles. The molecule has 0 amide bonds. The molecule has 1 aromatic carbocycles. The fraction of sp³-hybridized carbons (Fsp3) is 0.538. The van der Waals surface area contributed by atoms with E-state index >= 15 is 0 Å². The van der Waals surface area contributed by atoms with Crippen molar-refractivity contribution in [2.45, 2.75) is 30.8 Å². The third-order valence-electron chi connectivity index (χ3n) is 3.80. The molecule has 2 rings (SSSR count). The van der Waals surface area contributed by atoms with Gasteiger partial charge in [0.15, 0.2) is 5.82 Å². The van der Waals surface area contributed by atoms with E-state index in [-0.39, 0.29) is 28.9 Å². The van der Waals surface area contributed by atoms with Gasteiger partial charge in [-0.05, 0) is 37.8 Å². The largest absolute Gasteiger partial charge is 0.393 e. The van der Waals surface area contributed by atoms with Crippen LogP contribution in [0.5, 0.6) is 0 Å². The molecule has 1 saturated heterocycles. The van der Waals surface area contributed by atoms with Gasteiger partial charge in [0.2, 0.25) is 10.0 Å². The van der Waals surface area contributed by atoms with Crippen LogP contribution in [-0.4, -0.2) is 37.0 Å². The summed E-state index contributed by atoms with van der Waals surface area (Å²) < 4.78 is 40.0. The average molecular weight is 356 g/mol. The topological polar surface area (TPSA) is 57.6 Å². The lowest BCUT2D eigenvalue weighted by atomic mass is 9.93. The van der Waals surface area contributed by atoms with Crippen LogP contribution in [-0.2, 0) is 10.0 Å². The van der Waals surface area contributed by atoms with E-state index in [4.69, 9.17) is 23.2 Å². The van der Waals surface area contributed by atoms with Gasteiger partial charge in [-0.25, -0.2) is 12.8 Å². The highest BCUT2D eigenvalue weighted by Gasteiger charge is 2.33. The van der Waals surface area contributed by atoms with Crippen LogP contribution in [0.2, 0.25) is 10.0 Å². The zero-order valence-corrected chi connectivity index (χ0v) is 13.7. The van der Waals surface area contributed by atoms with Crippen LogP contribution in [0, 0.1) is 11.7 Å². The van der Waals surface area contributed by atoms with Crippen molar-refractivity contribution in [1.82, 2.24) is 4.31 Å². The molecule has 1 heterocycles. The fourth-order valence-electron chi connectivity index (χ4n) is 2.45. The summed E-state index contributed by atoms with van der Waals surface area (Å²) in [6.07, 6.45) is 0.654. The number of aliphatic hydroxyl groups excluding tert-OH is 1. The number of hydrogen-bond acceptors (Lipinski definition) is 3. The van der Waals surface area contributed by atoms with Gasteiger partial charge in [0.1, 0.15) is 4.90 Å². The quantitative estimate of drug-likeness (QED) is 0.848. The van der Waals surface area contributed by atoms with Gasteiger partial charge in [-0.2, -0.15) is 4.31 Å². The second kappa shape index (κ2) is 6.38. The number of rotatable bonds is 3. The van der Waals surface area contributed by atoms with Crippen molar-refractivity contribution < 1.29 is 17.9 Å².